The molecule has 1 unspecified atom stereocenters. The Morgan fingerprint density at radius 1 is 0.468 bits per heavy atom. The molecule has 1 aliphatic rings. The Kier molecular flexibility index (Phi) is 6.69. The number of hydrogen-bond donors (Lipinski definition) is 1. The average Bonchev–Trinajstić information content (AvgIpc) is 3.60. The zero-order chi connectivity index (χ0) is 31.2. The van der Waals surface area contributed by atoms with Crippen molar-refractivity contribution in [2.24, 2.45) is 9.98 Å². The summed E-state index contributed by atoms with van der Waals surface area (Å²) >= 11 is 1.74. The number of nitrogens with zero attached hydrogens (tertiary/aromatic N) is 3. The van der Waals surface area contributed by atoms with E-state index in [1.807, 2.05) is 24.3 Å². The van der Waals surface area contributed by atoms with Crippen molar-refractivity contribution in [3.63, 3.8) is 0 Å². The zero-order valence-electron chi connectivity index (χ0n) is 25.3. The minimum atomic E-state index is -0.368. The van der Waals surface area contributed by atoms with Gasteiger partial charge in [0.15, 0.2) is 6.17 Å². The van der Waals surface area contributed by atoms with Gasteiger partial charge in [-0.1, -0.05) is 133 Å². The number of benzene rings is 7. The smallest absolute Gasteiger partial charge is 0.169 e. The van der Waals surface area contributed by atoms with Gasteiger partial charge in [0.1, 0.15) is 16.7 Å². The summed E-state index contributed by atoms with van der Waals surface area (Å²) in [7, 11) is 0. The maximum atomic E-state index is 5.17. The van der Waals surface area contributed by atoms with E-state index in [4.69, 9.17) is 15.0 Å². The predicted octanol–water partition coefficient (Wildman–Crippen LogP) is 10.4. The molecular weight excluding hydrogens is 593 g/mol. The minimum absolute atomic E-state index is 0.368. The first-order valence-corrected chi connectivity index (χ1v) is 16.5. The Bertz CT molecular complexity index is 2500. The Balaban J connectivity index is 1.12. The monoisotopic (exact) mass is 620 g/mol. The zero-order valence-corrected chi connectivity index (χ0v) is 26.2. The van der Waals surface area contributed by atoms with Gasteiger partial charge in [0.25, 0.3) is 0 Å². The molecule has 9 rings (SSSR count). The highest BCUT2D eigenvalue weighted by Crippen LogP contribution is 2.36. The summed E-state index contributed by atoms with van der Waals surface area (Å²) in [6, 6.07) is 55.3. The number of thiazole rings is 1. The molecule has 0 aliphatic carbocycles. The molecule has 0 amide bonds. The summed E-state index contributed by atoms with van der Waals surface area (Å²) < 4.78 is 1.19. The summed E-state index contributed by atoms with van der Waals surface area (Å²) in [5, 5.41) is 9.33. The van der Waals surface area contributed by atoms with Gasteiger partial charge in [-0.2, -0.15) is 0 Å². The summed E-state index contributed by atoms with van der Waals surface area (Å²) in [5.41, 5.74) is 7.55. The largest absolute Gasteiger partial charge is 0.324 e. The molecule has 8 aromatic rings. The molecule has 0 bridgehead atoms. The maximum Gasteiger partial charge on any atom is 0.169 e. The number of fused-ring (bicyclic) bond motifs is 4. The molecule has 0 spiro atoms. The lowest BCUT2D eigenvalue weighted by Crippen LogP contribution is -2.36. The molecule has 47 heavy (non-hydrogen) atoms. The normalized spacial score (nSPS) is 14.6. The molecule has 222 valence electrons. The molecule has 5 heteroatoms. The van der Waals surface area contributed by atoms with Gasteiger partial charge in [0.05, 0.1) is 10.2 Å². The van der Waals surface area contributed by atoms with Gasteiger partial charge in [-0.25, -0.2) is 15.0 Å². The third kappa shape index (κ3) is 5.17. The molecule has 0 radical (unpaired) electrons. The molecule has 1 aliphatic heterocycles. The number of hydrogen-bond acceptors (Lipinski definition) is 5. The van der Waals surface area contributed by atoms with Crippen LogP contribution in [-0.2, 0) is 0 Å². The van der Waals surface area contributed by atoms with Crippen LogP contribution in [-0.4, -0.2) is 16.7 Å². The van der Waals surface area contributed by atoms with Crippen molar-refractivity contribution in [1.82, 2.24) is 10.3 Å². The molecule has 2 heterocycles. The topological polar surface area (TPSA) is 49.6 Å². The van der Waals surface area contributed by atoms with Gasteiger partial charge >= 0.3 is 0 Å². The third-order valence-electron chi connectivity index (χ3n) is 8.72. The first-order chi connectivity index (χ1) is 23.2. The fourth-order valence-corrected chi connectivity index (χ4v) is 7.28. The van der Waals surface area contributed by atoms with Crippen LogP contribution in [0.2, 0.25) is 0 Å². The third-order valence-corrected chi connectivity index (χ3v) is 9.79. The molecule has 0 saturated carbocycles. The predicted molar refractivity (Wildman–Crippen MR) is 197 cm³/mol. The van der Waals surface area contributed by atoms with Crippen LogP contribution >= 0.6 is 11.3 Å². The molecular formula is C42H28N4S. The van der Waals surface area contributed by atoms with E-state index < -0.39 is 0 Å². The summed E-state index contributed by atoms with van der Waals surface area (Å²) in [6.45, 7) is 0. The minimum Gasteiger partial charge on any atom is -0.324 e. The molecule has 1 N–H and O–H groups in total. The van der Waals surface area contributed by atoms with Crippen molar-refractivity contribution in [2.75, 3.05) is 0 Å². The Morgan fingerprint density at radius 2 is 1.11 bits per heavy atom. The van der Waals surface area contributed by atoms with Gasteiger partial charge in [0.2, 0.25) is 0 Å². The fourth-order valence-electron chi connectivity index (χ4n) is 6.30. The van der Waals surface area contributed by atoms with Crippen LogP contribution in [0.15, 0.2) is 168 Å². The molecule has 0 saturated heterocycles. The Labute approximate surface area is 276 Å². The van der Waals surface area contributed by atoms with Crippen LogP contribution < -0.4 is 5.32 Å². The van der Waals surface area contributed by atoms with Gasteiger partial charge in [-0.05, 0) is 57.1 Å². The standard InChI is InChI=1S/C42H28N4S/c1-3-11-29(12-4-1)39-44-40(46-41(45-39)35-21-18-27-10-7-8-15-31(27)24-35)34-17-9-16-32(25-34)33-20-19-28-22-23-37-38(36(28)26-33)43-42(47-37)30-13-5-2-6-14-30/h1-26,41H,(H,44,45,46). The van der Waals surface area contributed by atoms with Crippen molar-refractivity contribution in [2.45, 2.75) is 6.17 Å². The second-order valence-electron chi connectivity index (χ2n) is 11.7. The molecule has 1 atom stereocenters. The molecule has 4 nitrogen and oxygen atoms in total. The van der Waals surface area contributed by atoms with Crippen molar-refractivity contribution in [1.29, 1.82) is 0 Å². The Morgan fingerprint density at radius 3 is 1.94 bits per heavy atom. The van der Waals surface area contributed by atoms with E-state index in [-0.39, 0.29) is 6.17 Å². The lowest BCUT2D eigenvalue weighted by molar-refractivity contribution is 0.757. The number of aromatic nitrogens is 1. The van der Waals surface area contributed by atoms with E-state index in [1.165, 1.54) is 20.9 Å². The highest BCUT2D eigenvalue weighted by molar-refractivity contribution is 7.21. The highest BCUT2D eigenvalue weighted by atomic mass is 32.1. The van der Waals surface area contributed by atoms with Gasteiger partial charge in [-0.15, -0.1) is 11.3 Å². The maximum absolute atomic E-state index is 5.17. The number of amidine groups is 2. The number of nitrogens with one attached hydrogen (secondary N) is 1. The van der Waals surface area contributed by atoms with E-state index in [0.717, 1.165) is 61.0 Å². The van der Waals surface area contributed by atoms with Gasteiger partial charge in [-0.3, -0.25) is 0 Å². The Hall–Kier alpha value is -5.91. The van der Waals surface area contributed by atoms with E-state index in [2.05, 4.69) is 139 Å². The summed E-state index contributed by atoms with van der Waals surface area (Å²) in [6.07, 6.45) is -0.368. The first-order valence-electron chi connectivity index (χ1n) is 15.7. The van der Waals surface area contributed by atoms with Crippen LogP contribution in [0.5, 0.6) is 0 Å². The van der Waals surface area contributed by atoms with Crippen LogP contribution in [0.3, 0.4) is 0 Å². The summed E-state index contributed by atoms with van der Waals surface area (Å²) in [5.74, 6) is 1.61. The quantitative estimate of drug-likeness (QED) is 0.208. The highest BCUT2D eigenvalue weighted by Gasteiger charge is 2.21. The van der Waals surface area contributed by atoms with Crippen LogP contribution in [0.1, 0.15) is 22.9 Å². The van der Waals surface area contributed by atoms with Crippen molar-refractivity contribution >= 4 is 54.8 Å². The van der Waals surface area contributed by atoms with Gasteiger partial charge < -0.3 is 5.32 Å². The van der Waals surface area contributed by atoms with E-state index in [9.17, 15) is 0 Å². The lowest BCUT2D eigenvalue weighted by atomic mass is 9.98. The molecule has 7 aromatic carbocycles. The van der Waals surface area contributed by atoms with E-state index >= 15 is 0 Å². The number of aliphatic imine (C=N–C) groups is 2. The summed E-state index contributed by atoms with van der Waals surface area (Å²) in [4.78, 5) is 15.4. The van der Waals surface area contributed by atoms with Crippen molar-refractivity contribution in [3.8, 4) is 21.7 Å². The fraction of sp³-hybridized carbons (Fsp3) is 0.0238. The van der Waals surface area contributed by atoms with Crippen LogP contribution in [0.4, 0.5) is 0 Å². The van der Waals surface area contributed by atoms with E-state index in [1.54, 1.807) is 11.3 Å². The van der Waals surface area contributed by atoms with E-state index in [0.29, 0.717) is 0 Å². The second-order valence-corrected chi connectivity index (χ2v) is 12.8. The second kappa shape index (κ2) is 11.5. The first kappa shape index (κ1) is 27.4. The lowest BCUT2D eigenvalue weighted by Gasteiger charge is -2.23. The molecule has 1 aromatic heterocycles. The van der Waals surface area contributed by atoms with Crippen LogP contribution in [0.25, 0.3) is 53.5 Å². The van der Waals surface area contributed by atoms with Crippen LogP contribution in [0, 0.1) is 0 Å². The van der Waals surface area contributed by atoms with Crippen molar-refractivity contribution in [3.05, 3.63) is 174 Å². The van der Waals surface area contributed by atoms with Gasteiger partial charge in [0, 0.05) is 22.1 Å². The van der Waals surface area contributed by atoms with Crippen molar-refractivity contribution < 1.29 is 0 Å². The number of rotatable bonds is 5. The average molecular weight is 621 g/mol. The molecule has 0 fully saturated rings. The SMILES string of the molecule is c1ccc(C2=NC(c3ccc4ccccc4c3)N=C(c3cccc(-c4ccc5ccc6sc(-c7ccccc7)nc6c5c4)c3)N2)cc1.